The van der Waals surface area contributed by atoms with Crippen molar-refractivity contribution in [2.75, 3.05) is 26.4 Å². The molecule has 1 amide bonds. The quantitative estimate of drug-likeness (QED) is 0.710. The largest absolute Gasteiger partial charge is 0.489 e. The minimum Gasteiger partial charge on any atom is -0.489 e. The molecule has 5 rings (SSSR count). The van der Waals surface area contributed by atoms with E-state index in [0.717, 1.165) is 57.1 Å². The molecule has 5 nitrogen and oxygen atoms in total. The van der Waals surface area contributed by atoms with Crippen LogP contribution in [-0.2, 0) is 14.9 Å². The van der Waals surface area contributed by atoms with E-state index >= 15 is 0 Å². The smallest absolute Gasteiger partial charge is 0.223 e. The lowest BCUT2D eigenvalue weighted by atomic mass is 9.55. The molecule has 164 valence electrons. The number of benzene rings is 1. The number of rotatable bonds is 7. The molecule has 1 heterocycles. The van der Waals surface area contributed by atoms with Gasteiger partial charge in [-0.2, -0.15) is 0 Å². The Kier molecular flexibility index (Phi) is 6.44. The summed E-state index contributed by atoms with van der Waals surface area (Å²) in [5.41, 5.74) is 7.44. The SMILES string of the molecule is NCC(=CF)COc1ccc(C23CCC(NC(=O)C4CCOCC4)(CC2)CC3)cc1. The molecule has 30 heavy (non-hydrogen) atoms. The molecule has 0 unspecified atom stereocenters. The Labute approximate surface area is 178 Å². The third kappa shape index (κ3) is 4.40. The van der Waals surface area contributed by atoms with Crippen molar-refractivity contribution in [2.24, 2.45) is 11.7 Å². The number of nitrogens with two attached hydrogens (primary N) is 1. The Morgan fingerprint density at radius 3 is 2.33 bits per heavy atom. The van der Waals surface area contributed by atoms with Crippen LogP contribution < -0.4 is 15.8 Å². The highest BCUT2D eigenvalue weighted by Gasteiger charge is 2.50. The molecule has 0 atom stereocenters. The van der Waals surface area contributed by atoms with Crippen LogP contribution in [0.3, 0.4) is 0 Å². The van der Waals surface area contributed by atoms with Gasteiger partial charge < -0.3 is 20.5 Å². The van der Waals surface area contributed by atoms with Gasteiger partial charge in [0, 0.05) is 36.8 Å². The lowest BCUT2D eigenvalue weighted by Gasteiger charge is -2.54. The van der Waals surface area contributed by atoms with E-state index in [-0.39, 0.29) is 35.9 Å². The van der Waals surface area contributed by atoms with E-state index in [4.69, 9.17) is 15.2 Å². The molecule has 1 saturated heterocycles. The summed E-state index contributed by atoms with van der Waals surface area (Å²) in [6.07, 6.45) is 8.63. The van der Waals surface area contributed by atoms with Crippen LogP contribution in [-0.4, -0.2) is 37.8 Å². The van der Waals surface area contributed by atoms with Crippen molar-refractivity contribution in [1.82, 2.24) is 5.32 Å². The number of hydrogen-bond acceptors (Lipinski definition) is 4. The van der Waals surface area contributed by atoms with Gasteiger partial charge in [-0.1, -0.05) is 12.1 Å². The number of halogens is 1. The first kappa shape index (κ1) is 21.3. The number of fused-ring (bicyclic) bond motifs is 3. The van der Waals surface area contributed by atoms with Gasteiger partial charge in [-0.05, 0) is 74.5 Å². The van der Waals surface area contributed by atoms with Crippen LogP contribution in [0, 0.1) is 5.92 Å². The minimum atomic E-state index is -0.0164. The number of ether oxygens (including phenoxy) is 2. The molecule has 0 aromatic heterocycles. The summed E-state index contributed by atoms with van der Waals surface area (Å²) < 4.78 is 23.7. The fraction of sp³-hybridized carbons (Fsp3) is 0.625. The van der Waals surface area contributed by atoms with Gasteiger partial charge in [-0.15, -0.1) is 0 Å². The summed E-state index contributed by atoms with van der Waals surface area (Å²) in [6, 6.07) is 8.24. The zero-order chi connectivity index (χ0) is 21.0. The summed E-state index contributed by atoms with van der Waals surface area (Å²) in [4.78, 5) is 12.8. The fourth-order valence-corrected chi connectivity index (χ4v) is 5.35. The summed E-state index contributed by atoms with van der Waals surface area (Å²) in [5, 5.41) is 3.45. The van der Waals surface area contributed by atoms with Crippen molar-refractivity contribution in [3.8, 4) is 5.75 Å². The van der Waals surface area contributed by atoms with Gasteiger partial charge in [0.25, 0.3) is 0 Å². The second-order valence-corrected chi connectivity index (χ2v) is 9.22. The molecule has 2 bridgehead atoms. The van der Waals surface area contributed by atoms with Gasteiger partial charge in [0.05, 0.1) is 6.33 Å². The van der Waals surface area contributed by atoms with Gasteiger partial charge in [0.15, 0.2) is 0 Å². The standard InChI is InChI=1S/C24H33FN2O3/c25-15-18(16-26)17-30-21-3-1-20(2-4-21)23-7-10-24(11-8-23,12-9-23)27-22(28)19-5-13-29-14-6-19/h1-4,15,19H,5-14,16-17,26H2,(H,27,28). The molecule has 3 saturated carbocycles. The zero-order valence-corrected chi connectivity index (χ0v) is 17.6. The van der Waals surface area contributed by atoms with Crippen molar-refractivity contribution < 1.29 is 18.7 Å². The molecule has 3 N–H and O–H groups in total. The lowest BCUT2D eigenvalue weighted by molar-refractivity contribution is -0.131. The Morgan fingerprint density at radius 2 is 1.77 bits per heavy atom. The molecule has 0 spiro atoms. The van der Waals surface area contributed by atoms with Crippen LogP contribution in [0.4, 0.5) is 4.39 Å². The van der Waals surface area contributed by atoms with Crippen LogP contribution in [0.5, 0.6) is 5.75 Å². The fourth-order valence-electron chi connectivity index (χ4n) is 5.35. The molecule has 6 heteroatoms. The molecule has 4 fully saturated rings. The normalized spacial score (nSPS) is 29.6. The van der Waals surface area contributed by atoms with Crippen LogP contribution >= 0.6 is 0 Å². The number of carbonyl (C=O) groups excluding carboxylic acids is 1. The Balaban J connectivity index is 1.35. The summed E-state index contributed by atoms with van der Waals surface area (Å²) in [7, 11) is 0. The van der Waals surface area contributed by atoms with E-state index in [9.17, 15) is 9.18 Å². The Hall–Kier alpha value is -1.92. The Morgan fingerprint density at radius 1 is 1.13 bits per heavy atom. The first-order valence-electron chi connectivity index (χ1n) is 11.2. The average Bonchev–Trinajstić information content (AvgIpc) is 2.82. The highest BCUT2D eigenvalue weighted by atomic mass is 19.1. The van der Waals surface area contributed by atoms with Crippen molar-refractivity contribution in [1.29, 1.82) is 0 Å². The first-order valence-corrected chi connectivity index (χ1v) is 11.2. The van der Waals surface area contributed by atoms with Crippen LogP contribution in [0.1, 0.15) is 56.9 Å². The van der Waals surface area contributed by atoms with E-state index in [1.807, 2.05) is 12.1 Å². The highest BCUT2D eigenvalue weighted by molar-refractivity contribution is 5.79. The molecule has 3 aliphatic carbocycles. The third-order valence-corrected chi connectivity index (χ3v) is 7.53. The third-order valence-electron chi connectivity index (χ3n) is 7.53. The Bertz CT molecular complexity index is 747. The molecule has 4 aliphatic rings. The topological polar surface area (TPSA) is 73.6 Å². The second kappa shape index (κ2) is 9.06. The summed E-state index contributed by atoms with van der Waals surface area (Å²) in [6.45, 7) is 1.73. The van der Waals surface area contributed by atoms with E-state index in [2.05, 4.69) is 17.4 Å². The van der Waals surface area contributed by atoms with Crippen molar-refractivity contribution in [3.05, 3.63) is 41.7 Å². The van der Waals surface area contributed by atoms with Gasteiger partial charge in [-0.25, -0.2) is 4.39 Å². The van der Waals surface area contributed by atoms with Crippen molar-refractivity contribution in [3.63, 3.8) is 0 Å². The lowest BCUT2D eigenvalue weighted by Crippen LogP contribution is -2.59. The van der Waals surface area contributed by atoms with Gasteiger partial charge >= 0.3 is 0 Å². The molecule has 1 aromatic carbocycles. The predicted octanol–water partition coefficient (Wildman–Crippen LogP) is 3.76. The summed E-state index contributed by atoms with van der Waals surface area (Å²) in [5.74, 6) is 1.07. The first-order chi connectivity index (χ1) is 14.6. The van der Waals surface area contributed by atoms with Crippen LogP contribution in [0.25, 0.3) is 0 Å². The molecular weight excluding hydrogens is 383 g/mol. The van der Waals surface area contributed by atoms with E-state index < -0.39 is 0 Å². The number of carbonyl (C=O) groups is 1. The summed E-state index contributed by atoms with van der Waals surface area (Å²) >= 11 is 0. The second-order valence-electron chi connectivity index (χ2n) is 9.22. The highest BCUT2D eigenvalue weighted by Crippen LogP contribution is 2.53. The van der Waals surface area contributed by atoms with Crippen LogP contribution in [0.2, 0.25) is 0 Å². The number of nitrogens with one attached hydrogen (secondary N) is 1. The van der Waals surface area contributed by atoms with E-state index in [1.165, 1.54) is 5.56 Å². The van der Waals surface area contributed by atoms with Gasteiger partial charge in [0.2, 0.25) is 5.91 Å². The molecule has 0 radical (unpaired) electrons. The van der Waals surface area contributed by atoms with Gasteiger partial charge in [-0.3, -0.25) is 4.79 Å². The maximum Gasteiger partial charge on any atom is 0.223 e. The monoisotopic (exact) mass is 416 g/mol. The van der Waals surface area contributed by atoms with Crippen LogP contribution in [0.15, 0.2) is 36.2 Å². The molecule has 1 aliphatic heterocycles. The van der Waals surface area contributed by atoms with Crippen molar-refractivity contribution >= 4 is 5.91 Å². The molecular formula is C24H33FN2O3. The van der Waals surface area contributed by atoms with E-state index in [0.29, 0.717) is 25.1 Å². The van der Waals surface area contributed by atoms with Gasteiger partial charge in [0.1, 0.15) is 12.4 Å². The zero-order valence-electron chi connectivity index (χ0n) is 17.6. The maximum atomic E-state index is 12.8. The maximum absolute atomic E-state index is 12.8. The van der Waals surface area contributed by atoms with E-state index in [1.54, 1.807) is 0 Å². The number of hydrogen-bond donors (Lipinski definition) is 2. The molecule has 1 aromatic rings. The number of amides is 1. The minimum absolute atomic E-state index is 0.0164. The predicted molar refractivity (Wildman–Crippen MR) is 114 cm³/mol. The van der Waals surface area contributed by atoms with Crippen molar-refractivity contribution in [2.45, 2.75) is 62.3 Å². The average molecular weight is 417 g/mol.